The first-order valence-corrected chi connectivity index (χ1v) is 12.8. The number of allylic oxidation sites excluding steroid dienone is 3. The predicted octanol–water partition coefficient (Wildman–Crippen LogP) is 6.53. The first kappa shape index (κ1) is 22.6. The summed E-state index contributed by atoms with van der Waals surface area (Å²) in [5, 5.41) is 21.0. The van der Waals surface area contributed by atoms with Crippen molar-refractivity contribution in [2.75, 3.05) is 0 Å². The lowest BCUT2D eigenvalue weighted by atomic mass is 9.50. The van der Waals surface area contributed by atoms with Gasteiger partial charge in [0.25, 0.3) is 0 Å². The van der Waals surface area contributed by atoms with Crippen LogP contribution in [-0.4, -0.2) is 22.4 Å². The Morgan fingerprint density at radius 1 is 0.967 bits per heavy atom. The number of aliphatic hydroxyl groups is 2. The van der Waals surface area contributed by atoms with E-state index in [9.17, 15) is 10.2 Å². The Bertz CT molecular complexity index is 705. The van der Waals surface area contributed by atoms with Crippen LogP contribution in [0.3, 0.4) is 0 Å². The van der Waals surface area contributed by atoms with Crippen LogP contribution in [0.5, 0.6) is 0 Å². The summed E-state index contributed by atoms with van der Waals surface area (Å²) in [7, 11) is 0. The maximum Gasteiger partial charge on any atom is 0.0578 e. The zero-order valence-corrected chi connectivity index (χ0v) is 20.3. The highest BCUT2D eigenvalue weighted by Gasteiger charge is 2.57. The molecule has 170 valence electrons. The Kier molecular flexibility index (Phi) is 6.08. The Balaban J connectivity index is 1.54. The Morgan fingerprint density at radius 3 is 2.40 bits per heavy atom. The van der Waals surface area contributed by atoms with Gasteiger partial charge in [0.2, 0.25) is 0 Å². The van der Waals surface area contributed by atoms with Gasteiger partial charge in [0.1, 0.15) is 0 Å². The van der Waals surface area contributed by atoms with Gasteiger partial charge in [-0.15, -0.1) is 0 Å². The lowest BCUT2D eigenvalue weighted by Gasteiger charge is -2.55. The molecule has 0 radical (unpaired) electrons. The second-order valence-corrected chi connectivity index (χ2v) is 12.4. The number of aliphatic hydroxyl groups excluding tert-OH is 2. The van der Waals surface area contributed by atoms with Crippen molar-refractivity contribution in [3.8, 4) is 0 Å². The molecule has 3 fully saturated rings. The lowest BCUT2D eigenvalue weighted by Crippen LogP contribution is -2.46. The standard InChI is InChI=1S/C28H46O2/c1-17(2)19(4)26(30)15-18(3)23-9-10-24-22-8-7-20-16-21(29)11-13-27(20,5)25(22)12-14-28(23,24)6/h7-8,17-19,21,23-26,29-30H,9-16H2,1-6H3/t18-,19?,21+,23-,24+,25+,26-,27+,28-/m1/s1. The molecule has 2 N–H and O–H groups in total. The Morgan fingerprint density at radius 2 is 1.70 bits per heavy atom. The van der Waals surface area contributed by atoms with Crippen LogP contribution in [-0.2, 0) is 0 Å². The summed E-state index contributed by atoms with van der Waals surface area (Å²) in [6.07, 6.45) is 13.8. The molecule has 3 saturated carbocycles. The molecule has 9 atom stereocenters. The van der Waals surface area contributed by atoms with E-state index in [1.165, 1.54) is 31.3 Å². The molecule has 0 saturated heterocycles. The molecule has 0 aliphatic heterocycles. The summed E-state index contributed by atoms with van der Waals surface area (Å²) in [6.45, 7) is 14.2. The first-order valence-electron chi connectivity index (χ1n) is 12.8. The van der Waals surface area contributed by atoms with E-state index in [0.29, 0.717) is 35.0 Å². The average Bonchev–Trinajstić information content (AvgIpc) is 3.05. The molecule has 0 spiro atoms. The highest BCUT2D eigenvalue weighted by atomic mass is 16.3. The van der Waals surface area contributed by atoms with E-state index in [-0.39, 0.29) is 17.6 Å². The van der Waals surface area contributed by atoms with Crippen LogP contribution in [0.15, 0.2) is 23.3 Å². The van der Waals surface area contributed by atoms with Crippen molar-refractivity contribution in [1.29, 1.82) is 0 Å². The largest absolute Gasteiger partial charge is 0.393 e. The van der Waals surface area contributed by atoms with Crippen molar-refractivity contribution >= 4 is 0 Å². The van der Waals surface area contributed by atoms with E-state index in [1.54, 1.807) is 5.57 Å². The van der Waals surface area contributed by atoms with Crippen molar-refractivity contribution < 1.29 is 10.2 Å². The molecule has 0 heterocycles. The van der Waals surface area contributed by atoms with Crippen LogP contribution >= 0.6 is 0 Å². The molecule has 30 heavy (non-hydrogen) atoms. The number of fused-ring (bicyclic) bond motifs is 5. The smallest absolute Gasteiger partial charge is 0.0578 e. The van der Waals surface area contributed by atoms with Gasteiger partial charge in [0, 0.05) is 0 Å². The van der Waals surface area contributed by atoms with Crippen molar-refractivity contribution in [1.82, 2.24) is 0 Å². The van der Waals surface area contributed by atoms with Crippen molar-refractivity contribution in [3.05, 3.63) is 23.3 Å². The lowest BCUT2D eigenvalue weighted by molar-refractivity contribution is 0.0133. The molecular weight excluding hydrogens is 368 g/mol. The fourth-order valence-corrected chi connectivity index (χ4v) is 8.16. The topological polar surface area (TPSA) is 40.5 Å². The molecule has 4 aliphatic rings. The molecule has 1 unspecified atom stereocenters. The summed E-state index contributed by atoms with van der Waals surface area (Å²) < 4.78 is 0. The summed E-state index contributed by atoms with van der Waals surface area (Å²) in [4.78, 5) is 0. The molecule has 2 heteroatoms. The Labute approximate surface area is 185 Å². The molecule has 0 aromatic rings. The van der Waals surface area contributed by atoms with Gasteiger partial charge in [0.05, 0.1) is 12.2 Å². The molecule has 0 aromatic carbocycles. The van der Waals surface area contributed by atoms with Crippen molar-refractivity contribution in [3.63, 3.8) is 0 Å². The second kappa shape index (κ2) is 8.07. The summed E-state index contributed by atoms with van der Waals surface area (Å²) in [6, 6.07) is 0. The van der Waals surface area contributed by atoms with Gasteiger partial charge < -0.3 is 10.2 Å². The maximum absolute atomic E-state index is 10.8. The van der Waals surface area contributed by atoms with E-state index in [4.69, 9.17) is 0 Å². The van der Waals surface area contributed by atoms with Gasteiger partial charge in [-0.1, -0.05) is 64.8 Å². The highest BCUT2D eigenvalue weighted by molar-refractivity contribution is 5.38. The molecular formula is C28H46O2. The van der Waals surface area contributed by atoms with Crippen molar-refractivity contribution in [2.24, 2.45) is 46.3 Å². The highest BCUT2D eigenvalue weighted by Crippen LogP contribution is 2.66. The van der Waals surface area contributed by atoms with E-state index >= 15 is 0 Å². The third kappa shape index (κ3) is 3.54. The predicted molar refractivity (Wildman–Crippen MR) is 125 cm³/mol. The van der Waals surface area contributed by atoms with Gasteiger partial charge in [0.15, 0.2) is 0 Å². The van der Waals surface area contributed by atoms with Crippen LogP contribution in [0, 0.1) is 46.3 Å². The van der Waals surface area contributed by atoms with E-state index in [0.717, 1.165) is 31.6 Å². The fourth-order valence-electron chi connectivity index (χ4n) is 8.16. The second-order valence-electron chi connectivity index (χ2n) is 12.4. The van der Waals surface area contributed by atoms with Gasteiger partial charge in [-0.05, 0) is 97.7 Å². The summed E-state index contributed by atoms with van der Waals surface area (Å²) >= 11 is 0. The minimum Gasteiger partial charge on any atom is -0.393 e. The normalized spacial score (nSPS) is 43.8. The fraction of sp³-hybridized carbons (Fsp3) is 0.857. The van der Waals surface area contributed by atoms with E-state index < -0.39 is 0 Å². The molecule has 0 amide bonds. The van der Waals surface area contributed by atoms with Crippen LogP contribution < -0.4 is 0 Å². The third-order valence-corrected chi connectivity index (χ3v) is 10.6. The van der Waals surface area contributed by atoms with Crippen LogP contribution in [0.2, 0.25) is 0 Å². The van der Waals surface area contributed by atoms with Crippen molar-refractivity contribution in [2.45, 2.75) is 105 Å². The van der Waals surface area contributed by atoms with Gasteiger partial charge in [-0.25, -0.2) is 0 Å². The minimum absolute atomic E-state index is 0.135. The van der Waals surface area contributed by atoms with Crippen LogP contribution in [0.25, 0.3) is 0 Å². The Hall–Kier alpha value is -0.600. The van der Waals surface area contributed by atoms with Crippen LogP contribution in [0.4, 0.5) is 0 Å². The van der Waals surface area contributed by atoms with Gasteiger partial charge in [-0.2, -0.15) is 0 Å². The van der Waals surface area contributed by atoms with E-state index in [1.807, 2.05) is 0 Å². The molecule has 2 nitrogen and oxygen atoms in total. The third-order valence-electron chi connectivity index (χ3n) is 10.6. The number of hydrogen-bond acceptors (Lipinski definition) is 2. The molecule has 4 rings (SSSR count). The molecule has 0 aromatic heterocycles. The average molecular weight is 415 g/mol. The summed E-state index contributed by atoms with van der Waals surface area (Å²) in [5.74, 6) is 3.62. The molecule has 4 aliphatic carbocycles. The first-order chi connectivity index (χ1) is 14.1. The SMILES string of the molecule is CC(C)C(C)[C@H](O)C[C@@H](C)[C@H]1CC[C@H]2C3=CC=C4C[C@@H](O)CC[C@]4(C)[C@H]3CC[C@]12C. The van der Waals surface area contributed by atoms with Gasteiger partial charge in [-0.3, -0.25) is 0 Å². The zero-order chi connectivity index (χ0) is 21.8. The number of hydrogen-bond donors (Lipinski definition) is 2. The minimum atomic E-state index is -0.175. The zero-order valence-electron chi connectivity index (χ0n) is 20.3. The summed E-state index contributed by atoms with van der Waals surface area (Å²) in [5.41, 5.74) is 3.90. The maximum atomic E-state index is 10.8. The van der Waals surface area contributed by atoms with E-state index in [2.05, 4.69) is 53.7 Å². The van der Waals surface area contributed by atoms with Gasteiger partial charge >= 0.3 is 0 Å². The van der Waals surface area contributed by atoms with Crippen LogP contribution in [0.1, 0.15) is 92.9 Å². The molecule has 0 bridgehead atoms. The monoisotopic (exact) mass is 414 g/mol. The number of rotatable bonds is 5. The quantitative estimate of drug-likeness (QED) is 0.537.